The Morgan fingerprint density at radius 1 is 0.973 bits per heavy atom. The van der Waals surface area contributed by atoms with Gasteiger partial charge in [-0.2, -0.15) is 0 Å². The lowest BCUT2D eigenvalue weighted by Crippen LogP contribution is -2.44. The van der Waals surface area contributed by atoms with Crippen LogP contribution in [0.1, 0.15) is 16.8 Å². The number of anilines is 2. The topological polar surface area (TPSA) is 71.0 Å². The Morgan fingerprint density at radius 2 is 1.59 bits per heavy atom. The van der Waals surface area contributed by atoms with Crippen molar-refractivity contribution in [2.24, 2.45) is 0 Å². The number of hydrogen-bond acceptors (Lipinski definition) is 7. The number of likely N-dealkylation sites (N-methyl/N-ethyl adjacent to an activating group) is 2. The Morgan fingerprint density at radius 3 is 2.19 bits per heavy atom. The normalized spacial score (nSPS) is 13.9. The molecule has 0 radical (unpaired) electrons. The molecule has 2 heterocycles. The van der Waals surface area contributed by atoms with Crippen LogP contribution in [0, 0.1) is 0 Å². The van der Waals surface area contributed by atoms with Crippen molar-refractivity contribution in [3.63, 3.8) is 0 Å². The number of rotatable bonds is 8. The number of carbonyl (C=O) groups is 1. The van der Waals surface area contributed by atoms with Crippen molar-refractivity contribution in [3.8, 4) is 11.5 Å². The first kappa shape index (κ1) is 27.0. The van der Waals surface area contributed by atoms with Gasteiger partial charge in [0.15, 0.2) is 0 Å². The Hall–Kier alpha value is -3.07. The van der Waals surface area contributed by atoms with E-state index in [1.165, 1.54) is 31.1 Å². The van der Waals surface area contributed by atoms with E-state index in [4.69, 9.17) is 32.7 Å². The quantitative estimate of drug-likeness (QED) is 0.418. The summed E-state index contributed by atoms with van der Waals surface area (Å²) in [4.78, 5) is 28.1. The molecule has 1 amide bonds. The Balaban J connectivity index is 1.45. The summed E-state index contributed by atoms with van der Waals surface area (Å²) in [5.41, 5.74) is 3.62. The van der Waals surface area contributed by atoms with Gasteiger partial charge in [-0.1, -0.05) is 35.3 Å². The van der Waals surface area contributed by atoms with Crippen molar-refractivity contribution < 1.29 is 14.3 Å². The number of amides is 1. The minimum atomic E-state index is -0.236. The smallest absolute Gasteiger partial charge is 0.232 e. The standard InChI is InChI=1S/C27H31Cl2N5O3/c1-32-9-11-34(12-10-32)20-7-5-18(6-8-20)13-19-14-24(31-17-30-19)33(2)25(35)15-21-26(28)22(36-3)16-23(37-4)27(21)29/h5-8,14,16-17H,9-13,15H2,1-4H3. The zero-order valence-corrected chi connectivity index (χ0v) is 23.0. The monoisotopic (exact) mass is 543 g/mol. The molecule has 0 bridgehead atoms. The molecule has 196 valence electrons. The van der Waals surface area contributed by atoms with Crippen molar-refractivity contribution in [1.82, 2.24) is 14.9 Å². The molecule has 4 rings (SSSR count). The third-order valence-electron chi connectivity index (χ3n) is 6.61. The number of nitrogens with zero attached hydrogens (tertiary/aromatic N) is 5. The van der Waals surface area contributed by atoms with E-state index in [0.29, 0.717) is 29.3 Å². The van der Waals surface area contributed by atoms with Gasteiger partial charge >= 0.3 is 0 Å². The molecule has 0 aliphatic carbocycles. The summed E-state index contributed by atoms with van der Waals surface area (Å²) in [6.45, 7) is 4.21. The molecule has 0 spiro atoms. The third-order valence-corrected chi connectivity index (χ3v) is 7.44. The van der Waals surface area contributed by atoms with Gasteiger partial charge in [0.2, 0.25) is 5.91 Å². The van der Waals surface area contributed by atoms with Crippen molar-refractivity contribution >= 4 is 40.6 Å². The molecular formula is C27H31Cl2N5O3. The number of methoxy groups -OCH3 is 2. The first-order valence-electron chi connectivity index (χ1n) is 12.0. The lowest BCUT2D eigenvalue weighted by molar-refractivity contribution is -0.117. The highest BCUT2D eigenvalue weighted by Gasteiger charge is 2.22. The van der Waals surface area contributed by atoms with Gasteiger partial charge in [-0.15, -0.1) is 0 Å². The molecule has 2 aromatic carbocycles. The minimum Gasteiger partial charge on any atom is -0.495 e. The summed E-state index contributed by atoms with van der Waals surface area (Å²) in [6.07, 6.45) is 2.06. The summed E-state index contributed by atoms with van der Waals surface area (Å²) in [7, 11) is 6.81. The summed E-state index contributed by atoms with van der Waals surface area (Å²) < 4.78 is 10.6. The molecule has 1 aromatic heterocycles. The van der Waals surface area contributed by atoms with E-state index in [-0.39, 0.29) is 22.4 Å². The fourth-order valence-corrected chi connectivity index (χ4v) is 4.89. The molecule has 37 heavy (non-hydrogen) atoms. The van der Waals surface area contributed by atoms with E-state index in [1.54, 1.807) is 13.1 Å². The average molecular weight is 544 g/mol. The van der Waals surface area contributed by atoms with E-state index < -0.39 is 0 Å². The number of benzene rings is 2. The van der Waals surface area contributed by atoms with Crippen LogP contribution in [0.25, 0.3) is 0 Å². The van der Waals surface area contributed by atoms with Crippen LogP contribution in [0.15, 0.2) is 42.7 Å². The maximum Gasteiger partial charge on any atom is 0.232 e. The molecular weight excluding hydrogens is 513 g/mol. The van der Waals surface area contributed by atoms with Crippen LogP contribution in [-0.2, 0) is 17.6 Å². The van der Waals surface area contributed by atoms with Crippen LogP contribution in [0.2, 0.25) is 10.0 Å². The van der Waals surface area contributed by atoms with Crippen molar-refractivity contribution in [1.29, 1.82) is 0 Å². The van der Waals surface area contributed by atoms with Crippen molar-refractivity contribution in [3.05, 3.63) is 69.6 Å². The number of aromatic nitrogens is 2. The molecule has 1 aliphatic rings. The Kier molecular flexibility index (Phi) is 8.74. The summed E-state index contributed by atoms with van der Waals surface area (Å²) in [5, 5.41) is 0.553. The van der Waals surface area contributed by atoms with Crippen molar-refractivity contribution in [2.45, 2.75) is 12.8 Å². The zero-order chi connectivity index (χ0) is 26.5. The molecule has 8 nitrogen and oxygen atoms in total. The van der Waals surface area contributed by atoms with Crippen LogP contribution in [0.3, 0.4) is 0 Å². The molecule has 1 saturated heterocycles. The maximum absolute atomic E-state index is 13.2. The second kappa shape index (κ2) is 12.0. The van der Waals surface area contributed by atoms with Gasteiger partial charge in [-0.05, 0) is 24.7 Å². The molecule has 0 atom stereocenters. The third kappa shape index (κ3) is 6.26. The second-order valence-corrected chi connectivity index (χ2v) is 9.77. The summed E-state index contributed by atoms with van der Waals surface area (Å²) in [5.74, 6) is 1.03. The molecule has 10 heteroatoms. The van der Waals surface area contributed by atoms with E-state index in [0.717, 1.165) is 37.4 Å². The highest BCUT2D eigenvalue weighted by molar-refractivity contribution is 6.38. The highest BCUT2D eigenvalue weighted by atomic mass is 35.5. The lowest BCUT2D eigenvalue weighted by Gasteiger charge is -2.34. The number of halogens is 2. The van der Waals surface area contributed by atoms with Crippen LogP contribution in [0.5, 0.6) is 11.5 Å². The van der Waals surface area contributed by atoms with E-state index in [1.807, 2.05) is 6.07 Å². The van der Waals surface area contributed by atoms with Gasteiger partial charge in [0.1, 0.15) is 23.6 Å². The highest BCUT2D eigenvalue weighted by Crippen LogP contribution is 2.40. The minimum absolute atomic E-state index is 0.0468. The molecule has 0 saturated carbocycles. The van der Waals surface area contributed by atoms with E-state index >= 15 is 0 Å². The van der Waals surface area contributed by atoms with Gasteiger partial charge in [-0.25, -0.2) is 9.97 Å². The fourth-order valence-electron chi connectivity index (χ4n) is 4.25. The lowest BCUT2D eigenvalue weighted by atomic mass is 10.1. The van der Waals surface area contributed by atoms with Gasteiger partial charge < -0.3 is 19.3 Å². The molecule has 1 fully saturated rings. The first-order chi connectivity index (χ1) is 17.8. The zero-order valence-electron chi connectivity index (χ0n) is 21.5. The molecule has 0 N–H and O–H groups in total. The maximum atomic E-state index is 13.2. The largest absolute Gasteiger partial charge is 0.495 e. The molecule has 1 aliphatic heterocycles. The van der Waals surface area contributed by atoms with Crippen LogP contribution in [-0.4, -0.2) is 75.3 Å². The van der Waals surface area contributed by atoms with Gasteiger partial charge in [0, 0.05) is 63.0 Å². The molecule has 0 unspecified atom stereocenters. The number of ether oxygens (including phenoxy) is 2. The van der Waals surface area contributed by atoms with E-state index in [9.17, 15) is 4.79 Å². The number of carbonyl (C=O) groups excluding carboxylic acids is 1. The van der Waals surface area contributed by atoms with Gasteiger partial charge in [-0.3, -0.25) is 9.69 Å². The number of hydrogen-bond donors (Lipinski definition) is 0. The predicted molar refractivity (Wildman–Crippen MR) is 148 cm³/mol. The predicted octanol–water partition coefficient (Wildman–Crippen LogP) is 4.35. The Labute approximate surface area is 227 Å². The van der Waals surface area contributed by atoms with Gasteiger partial charge in [0.05, 0.1) is 36.4 Å². The second-order valence-electron chi connectivity index (χ2n) is 9.02. The fraction of sp³-hybridized carbons (Fsp3) is 0.370. The van der Waals surface area contributed by atoms with Crippen LogP contribution >= 0.6 is 23.2 Å². The molecule has 3 aromatic rings. The Bertz CT molecular complexity index is 1220. The number of piperazine rings is 1. The summed E-state index contributed by atoms with van der Waals surface area (Å²) in [6, 6.07) is 12.0. The summed E-state index contributed by atoms with van der Waals surface area (Å²) >= 11 is 12.9. The van der Waals surface area contributed by atoms with Crippen LogP contribution < -0.4 is 19.3 Å². The first-order valence-corrected chi connectivity index (χ1v) is 12.7. The van der Waals surface area contributed by atoms with E-state index in [2.05, 4.69) is 51.1 Å². The van der Waals surface area contributed by atoms with Crippen molar-refractivity contribution in [2.75, 3.05) is 64.3 Å². The SMILES string of the molecule is COc1cc(OC)c(Cl)c(CC(=O)N(C)c2cc(Cc3ccc(N4CCN(C)CC4)cc3)ncn2)c1Cl. The van der Waals surface area contributed by atoms with Crippen LogP contribution in [0.4, 0.5) is 11.5 Å². The average Bonchev–Trinajstić information content (AvgIpc) is 2.92. The van der Waals surface area contributed by atoms with Gasteiger partial charge in [0.25, 0.3) is 0 Å².